The van der Waals surface area contributed by atoms with Crippen LogP contribution in [-0.2, 0) is 54.3 Å². The maximum absolute atomic E-state index is 11.3. The summed E-state index contributed by atoms with van der Waals surface area (Å²) in [6.07, 6.45) is 4.34. The first-order valence-electron chi connectivity index (χ1n) is 11.6. The topological polar surface area (TPSA) is 146 Å². The molecule has 1 saturated heterocycles. The van der Waals surface area contributed by atoms with Crippen LogP contribution in [0.1, 0.15) is 18.4 Å². The van der Waals surface area contributed by atoms with Gasteiger partial charge in [-0.3, -0.25) is 19.4 Å². The van der Waals surface area contributed by atoms with Gasteiger partial charge in [0.15, 0.2) is 0 Å². The van der Waals surface area contributed by atoms with E-state index in [2.05, 4.69) is 9.47 Å². The second-order valence-corrected chi connectivity index (χ2v) is 7.71. The fourth-order valence-electron chi connectivity index (χ4n) is 2.89. The number of likely N-dealkylation sites (N-methyl/N-ethyl adjacent to an activating group) is 1. The summed E-state index contributed by atoms with van der Waals surface area (Å²) in [6, 6.07) is 10.0. The molecule has 0 aromatic heterocycles. The van der Waals surface area contributed by atoms with Crippen molar-refractivity contribution in [3.05, 3.63) is 60.2 Å². The van der Waals surface area contributed by atoms with Gasteiger partial charge in [0.25, 0.3) is 0 Å². The molecule has 2 rings (SSSR count). The van der Waals surface area contributed by atoms with Crippen LogP contribution in [0.3, 0.4) is 0 Å². The molecule has 0 spiro atoms. The van der Waals surface area contributed by atoms with Gasteiger partial charge in [-0.15, -0.1) is 0 Å². The van der Waals surface area contributed by atoms with Crippen molar-refractivity contribution in [2.24, 2.45) is 0 Å². The summed E-state index contributed by atoms with van der Waals surface area (Å²) in [4.78, 5) is 69.3. The van der Waals surface area contributed by atoms with Crippen molar-refractivity contribution in [3.8, 4) is 0 Å². The summed E-state index contributed by atoms with van der Waals surface area (Å²) in [5, 5.41) is 0. The first-order valence-corrected chi connectivity index (χ1v) is 11.6. The highest BCUT2D eigenvalue weighted by Gasteiger charge is 2.28. The lowest BCUT2D eigenvalue weighted by Gasteiger charge is -2.16. The van der Waals surface area contributed by atoms with Crippen molar-refractivity contribution < 1.29 is 47.7 Å². The Labute approximate surface area is 220 Å². The molecule has 206 valence electrons. The Morgan fingerprint density at radius 2 is 1.26 bits per heavy atom. The van der Waals surface area contributed by atoms with Gasteiger partial charge in [0.05, 0.1) is 20.8 Å². The van der Waals surface area contributed by atoms with E-state index in [0.717, 1.165) is 35.7 Å². The monoisotopic (exact) mass is 532 g/mol. The Morgan fingerprint density at radius 1 is 0.789 bits per heavy atom. The zero-order chi connectivity index (χ0) is 28.3. The second-order valence-electron chi connectivity index (χ2n) is 7.71. The van der Waals surface area contributed by atoms with Crippen LogP contribution in [-0.4, -0.2) is 93.1 Å². The SMILES string of the molecule is COC(=O)/C=C/C(=O)OCCN(C)Cc1ccccc1.COC(=O)/C=C/C(=O)OCCN1C(=O)CCC1=O. The molecular weight excluding hydrogens is 500 g/mol. The van der Waals surface area contributed by atoms with Crippen LogP contribution in [0, 0.1) is 0 Å². The number of nitrogens with zero attached hydrogens (tertiary/aromatic N) is 2. The number of hydrogen-bond acceptors (Lipinski definition) is 11. The van der Waals surface area contributed by atoms with Crippen molar-refractivity contribution in [1.82, 2.24) is 9.80 Å². The first-order chi connectivity index (χ1) is 18.2. The lowest BCUT2D eigenvalue weighted by atomic mass is 10.2. The van der Waals surface area contributed by atoms with Crippen LogP contribution >= 0.6 is 0 Å². The first kappa shape index (κ1) is 31.7. The lowest BCUT2D eigenvalue weighted by Crippen LogP contribution is -2.32. The average Bonchev–Trinajstić information content (AvgIpc) is 3.23. The molecular formula is C26H32N2O10. The number of imide groups is 1. The van der Waals surface area contributed by atoms with Gasteiger partial charge >= 0.3 is 23.9 Å². The van der Waals surface area contributed by atoms with Gasteiger partial charge in [-0.25, -0.2) is 19.2 Å². The van der Waals surface area contributed by atoms with E-state index >= 15 is 0 Å². The van der Waals surface area contributed by atoms with Crippen molar-refractivity contribution in [1.29, 1.82) is 0 Å². The molecule has 1 aromatic rings. The second kappa shape index (κ2) is 18.0. The number of benzene rings is 1. The van der Waals surface area contributed by atoms with E-state index in [1.54, 1.807) is 0 Å². The fraction of sp³-hybridized carbons (Fsp3) is 0.385. The highest BCUT2D eigenvalue weighted by atomic mass is 16.5. The molecule has 1 heterocycles. The molecule has 0 radical (unpaired) electrons. The number of esters is 4. The minimum atomic E-state index is -0.737. The number of hydrogen-bond donors (Lipinski definition) is 0. The molecule has 0 bridgehead atoms. The van der Waals surface area contributed by atoms with Gasteiger partial charge in [-0.1, -0.05) is 30.3 Å². The van der Waals surface area contributed by atoms with Crippen molar-refractivity contribution in [3.63, 3.8) is 0 Å². The molecule has 0 saturated carbocycles. The average molecular weight is 533 g/mol. The van der Waals surface area contributed by atoms with E-state index in [4.69, 9.17) is 9.47 Å². The number of rotatable bonds is 12. The van der Waals surface area contributed by atoms with Crippen molar-refractivity contribution in [2.75, 3.05) is 47.6 Å². The zero-order valence-corrected chi connectivity index (χ0v) is 21.6. The minimum absolute atomic E-state index is 0.0372. The van der Waals surface area contributed by atoms with Crippen LogP contribution in [0.4, 0.5) is 0 Å². The molecule has 1 fully saturated rings. The van der Waals surface area contributed by atoms with E-state index in [-0.39, 0.29) is 44.4 Å². The third kappa shape index (κ3) is 13.7. The summed E-state index contributed by atoms with van der Waals surface area (Å²) in [7, 11) is 4.38. The summed E-state index contributed by atoms with van der Waals surface area (Å²) < 4.78 is 18.3. The van der Waals surface area contributed by atoms with E-state index in [9.17, 15) is 28.8 Å². The predicted molar refractivity (Wildman–Crippen MR) is 133 cm³/mol. The third-order valence-corrected chi connectivity index (χ3v) is 4.84. The van der Waals surface area contributed by atoms with Crippen LogP contribution in [0.2, 0.25) is 0 Å². The summed E-state index contributed by atoms with van der Waals surface area (Å²) in [5.74, 6) is -3.06. The molecule has 0 N–H and O–H groups in total. The Hall–Kier alpha value is -4.32. The Kier molecular flexibility index (Phi) is 15.0. The van der Waals surface area contributed by atoms with Crippen molar-refractivity contribution >= 4 is 35.7 Å². The van der Waals surface area contributed by atoms with Gasteiger partial charge in [-0.05, 0) is 12.6 Å². The Balaban J connectivity index is 0.000000382. The third-order valence-electron chi connectivity index (χ3n) is 4.84. The Morgan fingerprint density at radius 3 is 1.76 bits per heavy atom. The molecule has 12 heteroatoms. The maximum atomic E-state index is 11.3. The fourth-order valence-corrected chi connectivity index (χ4v) is 2.89. The van der Waals surface area contributed by atoms with E-state index < -0.39 is 23.9 Å². The molecule has 1 aliphatic rings. The number of methoxy groups -OCH3 is 2. The number of carbonyl (C=O) groups is 6. The van der Waals surface area contributed by atoms with Gasteiger partial charge in [-0.2, -0.15) is 0 Å². The number of likely N-dealkylation sites (tertiary alicyclic amines) is 1. The van der Waals surface area contributed by atoms with Gasteiger partial charge in [0, 0.05) is 50.2 Å². The van der Waals surface area contributed by atoms with E-state index in [1.807, 2.05) is 42.3 Å². The normalized spacial score (nSPS) is 12.9. The largest absolute Gasteiger partial charge is 0.466 e. The van der Waals surface area contributed by atoms with Crippen LogP contribution in [0.5, 0.6) is 0 Å². The molecule has 0 atom stereocenters. The molecule has 2 amide bonds. The molecule has 12 nitrogen and oxygen atoms in total. The lowest BCUT2D eigenvalue weighted by molar-refractivity contribution is -0.144. The van der Waals surface area contributed by atoms with Crippen LogP contribution in [0.25, 0.3) is 0 Å². The van der Waals surface area contributed by atoms with Crippen molar-refractivity contribution in [2.45, 2.75) is 19.4 Å². The maximum Gasteiger partial charge on any atom is 0.331 e. The minimum Gasteiger partial charge on any atom is -0.466 e. The number of ether oxygens (including phenoxy) is 4. The standard InChI is InChI=1S/C15H19NO4.C11H13NO6/c1-16(12-13-6-4-3-5-7-13)10-11-20-15(18)9-8-14(17)19-2;1-17-10(15)4-5-11(16)18-7-6-12-8(13)2-3-9(12)14/h3-9H,10-12H2,1-2H3;4-5H,2-3,6-7H2,1H3/b9-8+;5-4+. The Bertz CT molecular complexity index is 1000. The van der Waals surface area contributed by atoms with Gasteiger partial charge in [0.1, 0.15) is 13.2 Å². The predicted octanol–water partition coefficient (Wildman–Crippen LogP) is 0.799. The molecule has 0 unspecified atom stereocenters. The summed E-state index contributed by atoms with van der Waals surface area (Å²) in [5.41, 5.74) is 1.20. The summed E-state index contributed by atoms with van der Waals surface area (Å²) in [6.45, 7) is 1.62. The smallest absolute Gasteiger partial charge is 0.331 e. The molecule has 0 aliphatic carbocycles. The highest BCUT2D eigenvalue weighted by molar-refractivity contribution is 6.02. The quantitative estimate of drug-likeness (QED) is 0.163. The van der Waals surface area contributed by atoms with E-state index in [1.165, 1.54) is 19.8 Å². The van der Waals surface area contributed by atoms with Gasteiger partial charge < -0.3 is 18.9 Å². The molecule has 1 aliphatic heterocycles. The number of amides is 2. The number of carbonyl (C=O) groups excluding carboxylic acids is 6. The van der Waals surface area contributed by atoms with E-state index in [0.29, 0.717) is 6.54 Å². The zero-order valence-electron chi connectivity index (χ0n) is 21.6. The molecule has 1 aromatic carbocycles. The van der Waals surface area contributed by atoms with Crippen LogP contribution < -0.4 is 0 Å². The molecule has 38 heavy (non-hydrogen) atoms. The van der Waals surface area contributed by atoms with Gasteiger partial charge in [0.2, 0.25) is 11.8 Å². The van der Waals surface area contributed by atoms with Crippen LogP contribution in [0.15, 0.2) is 54.6 Å². The summed E-state index contributed by atoms with van der Waals surface area (Å²) >= 11 is 0. The highest BCUT2D eigenvalue weighted by Crippen LogP contribution is 2.10.